The summed E-state index contributed by atoms with van der Waals surface area (Å²) in [6.45, 7) is 5.73. The van der Waals surface area contributed by atoms with E-state index in [-0.39, 0.29) is 30.7 Å². The first-order valence-electron chi connectivity index (χ1n) is 5.44. The zero-order valence-corrected chi connectivity index (χ0v) is 12.9. The number of carbonyl (C=O) groups is 1. The van der Waals surface area contributed by atoms with Crippen molar-refractivity contribution >= 4 is 30.7 Å². The molecule has 0 unspecified atom stereocenters. The quantitative estimate of drug-likeness (QED) is 0.883. The molecule has 0 fully saturated rings. The molecule has 0 aromatic carbocycles. The van der Waals surface area contributed by atoms with Gasteiger partial charge in [0.2, 0.25) is 5.91 Å². The monoisotopic (exact) mass is 296 g/mol. The lowest BCUT2D eigenvalue weighted by atomic mass is 10.4. The van der Waals surface area contributed by atoms with Gasteiger partial charge in [0.15, 0.2) is 0 Å². The molecule has 1 heterocycles. The maximum atomic E-state index is 11.8. The van der Waals surface area contributed by atoms with Crippen molar-refractivity contribution in [3.8, 4) is 0 Å². The van der Waals surface area contributed by atoms with Crippen molar-refractivity contribution in [3.63, 3.8) is 0 Å². The average molecular weight is 297 g/mol. The molecule has 0 aliphatic rings. The fourth-order valence-electron chi connectivity index (χ4n) is 1.49. The molecule has 18 heavy (non-hydrogen) atoms. The second-order valence-electron chi connectivity index (χ2n) is 4.00. The zero-order valence-electron chi connectivity index (χ0n) is 11.3. The van der Waals surface area contributed by atoms with Gasteiger partial charge in [0.05, 0.1) is 5.69 Å². The minimum Gasteiger partial charge on any atom is -0.343 e. The van der Waals surface area contributed by atoms with Crippen molar-refractivity contribution in [1.29, 1.82) is 0 Å². The van der Waals surface area contributed by atoms with Crippen molar-refractivity contribution in [2.45, 2.75) is 20.4 Å². The van der Waals surface area contributed by atoms with Gasteiger partial charge >= 0.3 is 0 Å². The van der Waals surface area contributed by atoms with Gasteiger partial charge in [-0.25, -0.2) is 0 Å². The molecular formula is C11H22Cl2N4O. The first-order valence-corrected chi connectivity index (χ1v) is 5.44. The lowest BCUT2D eigenvalue weighted by Crippen LogP contribution is -2.35. The average Bonchev–Trinajstić information content (AvgIpc) is 2.53. The molecule has 5 nitrogen and oxygen atoms in total. The molecule has 7 heteroatoms. The molecule has 0 radical (unpaired) electrons. The molecule has 0 aliphatic carbocycles. The SMILES string of the molecule is CNCCN(C)C(=O)Cn1nc(C)cc1C.Cl.Cl. The molecule has 1 aromatic rings. The number of nitrogens with one attached hydrogen (secondary N) is 1. The molecule has 106 valence electrons. The van der Waals surface area contributed by atoms with E-state index >= 15 is 0 Å². The first kappa shape index (κ1) is 19.6. The van der Waals surface area contributed by atoms with Gasteiger partial charge in [-0.05, 0) is 27.0 Å². The topological polar surface area (TPSA) is 50.2 Å². The number of hydrogen-bond acceptors (Lipinski definition) is 3. The van der Waals surface area contributed by atoms with Gasteiger partial charge in [-0.3, -0.25) is 9.48 Å². The maximum Gasteiger partial charge on any atom is 0.244 e. The Bertz CT molecular complexity index is 368. The van der Waals surface area contributed by atoms with Crippen molar-refractivity contribution in [2.24, 2.45) is 0 Å². The molecule has 1 amide bonds. The number of hydrogen-bond donors (Lipinski definition) is 1. The minimum absolute atomic E-state index is 0. The fraction of sp³-hybridized carbons (Fsp3) is 0.636. The third-order valence-corrected chi connectivity index (χ3v) is 2.51. The Balaban J connectivity index is 0. The number of amides is 1. The van der Waals surface area contributed by atoms with Crippen LogP contribution in [0.1, 0.15) is 11.4 Å². The molecule has 0 saturated heterocycles. The van der Waals surface area contributed by atoms with Gasteiger partial charge in [-0.1, -0.05) is 0 Å². The normalized spacial score (nSPS) is 9.33. The number of aromatic nitrogens is 2. The van der Waals surface area contributed by atoms with Crippen LogP contribution in [0.3, 0.4) is 0 Å². The molecular weight excluding hydrogens is 275 g/mol. The number of nitrogens with zero attached hydrogens (tertiary/aromatic N) is 3. The van der Waals surface area contributed by atoms with E-state index in [1.165, 1.54) is 0 Å². The molecule has 1 aromatic heterocycles. The van der Waals surface area contributed by atoms with Crippen molar-refractivity contribution in [2.75, 3.05) is 27.2 Å². The zero-order chi connectivity index (χ0) is 12.1. The highest BCUT2D eigenvalue weighted by atomic mass is 35.5. The summed E-state index contributed by atoms with van der Waals surface area (Å²) in [5, 5.41) is 7.28. The van der Waals surface area contributed by atoms with E-state index in [0.29, 0.717) is 13.1 Å². The Hall–Kier alpha value is -0.780. The molecule has 0 spiro atoms. The second-order valence-corrected chi connectivity index (χ2v) is 4.00. The van der Waals surface area contributed by atoms with Crippen LogP contribution in [-0.4, -0.2) is 47.8 Å². The smallest absolute Gasteiger partial charge is 0.244 e. The Morgan fingerprint density at radius 1 is 1.44 bits per heavy atom. The number of halogens is 2. The third kappa shape index (κ3) is 5.71. The highest BCUT2D eigenvalue weighted by Gasteiger charge is 2.10. The summed E-state index contributed by atoms with van der Waals surface area (Å²) >= 11 is 0. The lowest BCUT2D eigenvalue weighted by Gasteiger charge is -2.17. The van der Waals surface area contributed by atoms with Gasteiger partial charge < -0.3 is 10.2 Å². The van der Waals surface area contributed by atoms with Crippen LogP contribution >= 0.6 is 24.8 Å². The summed E-state index contributed by atoms with van der Waals surface area (Å²) in [4.78, 5) is 13.5. The molecule has 1 N–H and O–H groups in total. The third-order valence-electron chi connectivity index (χ3n) is 2.51. The lowest BCUT2D eigenvalue weighted by molar-refractivity contribution is -0.130. The van der Waals surface area contributed by atoms with E-state index in [2.05, 4.69) is 10.4 Å². The minimum atomic E-state index is 0. The first-order chi connectivity index (χ1) is 7.54. The predicted molar refractivity (Wildman–Crippen MR) is 77.8 cm³/mol. The highest BCUT2D eigenvalue weighted by Crippen LogP contribution is 2.02. The number of carbonyl (C=O) groups excluding carboxylic acids is 1. The van der Waals surface area contributed by atoms with Gasteiger partial charge in [0, 0.05) is 25.8 Å². The number of aryl methyl sites for hydroxylation is 2. The Labute approximate surface area is 121 Å². The Morgan fingerprint density at radius 2 is 2.06 bits per heavy atom. The second kappa shape index (κ2) is 9.19. The van der Waals surface area contributed by atoms with E-state index < -0.39 is 0 Å². The Morgan fingerprint density at radius 3 is 2.50 bits per heavy atom. The van der Waals surface area contributed by atoms with Crippen LogP contribution in [0.4, 0.5) is 0 Å². The van der Waals surface area contributed by atoms with E-state index in [1.54, 1.807) is 9.58 Å². The van der Waals surface area contributed by atoms with Crippen molar-refractivity contribution in [3.05, 3.63) is 17.5 Å². The van der Waals surface area contributed by atoms with Crippen LogP contribution in [0.2, 0.25) is 0 Å². The summed E-state index contributed by atoms with van der Waals surface area (Å²) in [5.41, 5.74) is 1.97. The molecule has 0 atom stereocenters. The van der Waals surface area contributed by atoms with Crippen LogP contribution in [0.15, 0.2) is 6.07 Å². The summed E-state index contributed by atoms with van der Waals surface area (Å²) in [6, 6.07) is 1.97. The highest BCUT2D eigenvalue weighted by molar-refractivity contribution is 5.85. The Kier molecular flexibility index (Phi) is 9.99. The van der Waals surface area contributed by atoms with Crippen LogP contribution in [0.25, 0.3) is 0 Å². The largest absolute Gasteiger partial charge is 0.343 e. The standard InChI is InChI=1S/C11H20N4O.2ClH/c1-9-7-10(2)15(13-9)8-11(16)14(4)6-5-12-3;;/h7,12H,5-6,8H2,1-4H3;2*1H. The summed E-state index contributed by atoms with van der Waals surface area (Å²) in [5.74, 6) is 0.0847. The maximum absolute atomic E-state index is 11.8. The molecule has 0 bridgehead atoms. The predicted octanol–water partition coefficient (Wildman–Crippen LogP) is 1.02. The van der Waals surface area contributed by atoms with E-state index in [4.69, 9.17) is 0 Å². The van der Waals surface area contributed by atoms with Crippen LogP contribution in [-0.2, 0) is 11.3 Å². The van der Waals surface area contributed by atoms with Crippen LogP contribution < -0.4 is 5.32 Å². The van der Waals surface area contributed by atoms with Crippen molar-refractivity contribution in [1.82, 2.24) is 20.0 Å². The molecule has 0 aliphatic heterocycles. The van der Waals surface area contributed by atoms with Gasteiger partial charge in [-0.15, -0.1) is 24.8 Å². The van der Waals surface area contributed by atoms with Gasteiger partial charge in [0.25, 0.3) is 0 Å². The van der Waals surface area contributed by atoms with Gasteiger partial charge in [0.1, 0.15) is 6.54 Å². The number of likely N-dealkylation sites (N-methyl/N-ethyl adjacent to an activating group) is 2. The van der Waals surface area contributed by atoms with E-state index in [0.717, 1.165) is 17.9 Å². The fourth-order valence-corrected chi connectivity index (χ4v) is 1.49. The van der Waals surface area contributed by atoms with Crippen molar-refractivity contribution < 1.29 is 4.79 Å². The van der Waals surface area contributed by atoms with Crippen LogP contribution in [0, 0.1) is 13.8 Å². The van der Waals surface area contributed by atoms with E-state index in [1.807, 2.05) is 34.0 Å². The summed E-state index contributed by atoms with van der Waals surface area (Å²) in [6.07, 6.45) is 0. The summed E-state index contributed by atoms with van der Waals surface area (Å²) < 4.78 is 1.74. The number of rotatable bonds is 5. The van der Waals surface area contributed by atoms with E-state index in [9.17, 15) is 4.79 Å². The summed E-state index contributed by atoms with van der Waals surface area (Å²) in [7, 11) is 3.69. The molecule has 0 saturated carbocycles. The molecule has 1 rings (SSSR count). The van der Waals surface area contributed by atoms with Gasteiger partial charge in [-0.2, -0.15) is 5.10 Å². The van der Waals surface area contributed by atoms with Crippen LogP contribution in [0.5, 0.6) is 0 Å².